The van der Waals surface area contributed by atoms with E-state index in [4.69, 9.17) is 4.84 Å². The highest BCUT2D eigenvalue weighted by Crippen LogP contribution is 2.54. The second kappa shape index (κ2) is 1.56. The molecule has 0 amide bonds. The Morgan fingerprint density at radius 2 is 2.45 bits per heavy atom. The van der Waals surface area contributed by atoms with Crippen molar-refractivity contribution < 1.29 is 4.84 Å². The zero-order valence-corrected chi connectivity index (χ0v) is 6.00. The predicted octanol–water partition coefficient (Wildman–Crippen LogP) is 1.43. The molecule has 0 bridgehead atoms. The first-order valence-corrected chi connectivity index (χ1v) is 3.79. The monoisotopic (exact) mass is 148 g/mol. The molecule has 0 saturated heterocycles. The number of fused-ring (bicyclic) bond motifs is 2. The molecule has 3 heteroatoms. The van der Waals surface area contributed by atoms with Crippen molar-refractivity contribution in [2.75, 3.05) is 5.48 Å². The van der Waals surface area contributed by atoms with Gasteiger partial charge in [0.2, 0.25) is 0 Å². The maximum Gasteiger partial charge on any atom is 0.125 e. The third-order valence-corrected chi connectivity index (χ3v) is 2.37. The molecule has 2 heterocycles. The van der Waals surface area contributed by atoms with Crippen molar-refractivity contribution in [3.8, 4) is 0 Å². The molecule has 2 aliphatic rings. The van der Waals surface area contributed by atoms with Crippen LogP contribution in [0.1, 0.15) is 18.4 Å². The second-order valence-corrected chi connectivity index (χ2v) is 3.12. The van der Waals surface area contributed by atoms with E-state index in [1.54, 1.807) is 6.20 Å². The maximum absolute atomic E-state index is 5.43. The Labute approximate surface area is 64.4 Å². The Kier molecular flexibility index (Phi) is 0.786. The molecule has 0 radical (unpaired) electrons. The van der Waals surface area contributed by atoms with E-state index >= 15 is 0 Å². The summed E-state index contributed by atoms with van der Waals surface area (Å²) in [4.78, 5) is 9.50. The summed E-state index contributed by atoms with van der Waals surface area (Å²) in [5.74, 6) is 0. The minimum Gasteiger partial charge on any atom is -0.266 e. The number of hydrogen-bond donors (Lipinski definition) is 1. The zero-order valence-electron chi connectivity index (χ0n) is 6.00. The quantitative estimate of drug-likeness (QED) is 0.604. The van der Waals surface area contributed by atoms with Gasteiger partial charge in [-0.3, -0.25) is 15.3 Å². The Bertz CT molecular complexity index is 307. The highest BCUT2D eigenvalue weighted by molar-refractivity contribution is 5.56. The minimum atomic E-state index is 0.00356. The first-order valence-electron chi connectivity index (χ1n) is 3.79. The van der Waals surface area contributed by atoms with E-state index in [0.29, 0.717) is 0 Å². The normalized spacial score (nSPS) is 22.9. The van der Waals surface area contributed by atoms with Crippen LogP contribution in [0, 0.1) is 0 Å². The summed E-state index contributed by atoms with van der Waals surface area (Å²) in [5, 5.41) is 0. The van der Waals surface area contributed by atoms with Crippen LogP contribution < -0.4 is 5.48 Å². The fourth-order valence-corrected chi connectivity index (χ4v) is 1.54. The SMILES string of the molecule is c1cc2c(cn1)C1(CC1)ON2. The van der Waals surface area contributed by atoms with Gasteiger partial charge in [0.1, 0.15) is 5.60 Å². The molecule has 1 aromatic heterocycles. The van der Waals surface area contributed by atoms with Gasteiger partial charge in [0, 0.05) is 18.0 Å². The van der Waals surface area contributed by atoms with Crippen molar-refractivity contribution in [2.45, 2.75) is 18.4 Å². The molecule has 1 aliphatic heterocycles. The summed E-state index contributed by atoms with van der Waals surface area (Å²) in [6.07, 6.45) is 5.91. The number of pyridine rings is 1. The Hall–Kier alpha value is -1.09. The van der Waals surface area contributed by atoms with E-state index in [0.717, 1.165) is 18.5 Å². The van der Waals surface area contributed by atoms with Crippen LogP contribution in [0.5, 0.6) is 0 Å². The molecule has 1 saturated carbocycles. The molecule has 1 fully saturated rings. The van der Waals surface area contributed by atoms with Gasteiger partial charge in [-0.1, -0.05) is 0 Å². The second-order valence-electron chi connectivity index (χ2n) is 3.12. The van der Waals surface area contributed by atoms with Crippen LogP contribution >= 0.6 is 0 Å². The van der Waals surface area contributed by atoms with E-state index in [-0.39, 0.29) is 5.60 Å². The number of anilines is 1. The van der Waals surface area contributed by atoms with Gasteiger partial charge in [-0.15, -0.1) is 0 Å². The topological polar surface area (TPSA) is 34.1 Å². The van der Waals surface area contributed by atoms with Crippen molar-refractivity contribution in [1.29, 1.82) is 0 Å². The van der Waals surface area contributed by atoms with Crippen LogP contribution in [-0.2, 0) is 10.4 Å². The standard InChI is InChI=1S/C8H8N2O/c1-4-9-5-6-7(1)10-11-8(6)2-3-8/h1,4-5,10H,2-3H2. The number of aromatic nitrogens is 1. The molecule has 1 aromatic rings. The minimum absolute atomic E-state index is 0.00356. The number of hydrogen-bond acceptors (Lipinski definition) is 3. The van der Waals surface area contributed by atoms with E-state index < -0.39 is 0 Å². The van der Waals surface area contributed by atoms with Crippen molar-refractivity contribution in [1.82, 2.24) is 4.98 Å². The molecule has 1 aliphatic carbocycles. The van der Waals surface area contributed by atoms with Crippen molar-refractivity contribution in [3.63, 3.8) is 0 Å². The summed E-state index contributed by atoms with van der Waals surface area (Å²) < 4.78 is 0. The van der Waals surface area contributed by atoms with Crippen molar-refractivity contribution >= 4 is 5.69 Å². The molecule has 0 atom stereocenters. The summed E-state index contributed by atoms with van der Waals surface area (Å²) >= 11 is 0. The lowest BCUT2D eigenvalue weighted by Crippen LogP contribution is -2.04. The lowest BCUT2D eigenvalue weighted by Gasteiger charge is -2.01. The number of nitrogens with one attached hydrogen (secondary N) is 1. The molecule has 1 spiro atoms. The molecule has 56 valence electrons. The lowest BCUT2D eigenvalue weighted by atomic mass is 10.1. The molecule has 0 unspecified atom stereocenters. The number of nitrogens with zero attached hydrogens (tertiary/aromatic N) is 1. The van der Waals surface area contributed by atoms with Gasteiger partial charge in [-0.25, -0.2) is 0 Å². The molecular weight excluding hydrogens is 140 g/mol. The van der Waals surface area contributed by atoms with Crippen LogP contribution in [0.4, 0.5) is 5.69 Å². The van der Waals surface area contributed by atoms with Crippen LogP contribution in [-0.4, -0.2) is 4.98 Å². The van der Waals surface area contributed by atoms with Gasteiger partial charge in [0.15, 0.2) is 0 Å². The molecule has 3 nitrogen and oxygen atoms in total. The maximum atomic E-state index is 5.43. The summed E-state index contributed by atoms with van der Waals surface area (Å²) in [5.41, 5.74) is 5.22. The summed E-state index contributed by atoms with van der Waals surface area (Å²) in [6, 6.07) is 1.95. The van der Waals surface area contributed by atoms with Gasteiger partial charge >= 0.3 is 0 Å². The van der Waals surface area contributed by atoms with Gasteiger partial charge in [0.05, 0.1) is 5.69 Å². The van der Waals surface area contributed by atoms with Crippen LogP contribution in [0.2, 0.25) is 0 Å². The van der Waals surface area contributed by atoms with Gasteiger partial charge in [-0.2, -0.15) is 0 Å². The largest absolute Gasteiger partial charge is 0.266 e. The smallest absolute Gasteiger partial charge is 0.125 e. The third kappa shape index (κ3) is 0.587. The molecular formula is C8H8N2O. The highest BCUT2D eigenvalue weighted by atomic mass is 16.7. The first kappa shape index (κ1) is 5.55. The summed E-state index contributed by atoms with van der Waals surface area (Å²) in [7, 11) is 0. The third-order valence-electron chi connectivity index (χ3n) is 2.37. The molecule has 1 N–H and O–H groups in total. The fourth-order valence-electron chi connectivity index (χ4n) is 1.54. The van der Waals surface area contributed by atoms with Crippen LogP contribution in [0.25, 0.3) is 0 Å². The highest BCUT2D eigenvalue weighted by Gasteiger charge is 2.51. The molecule has 3 rings (SSSR count). The Morgan fingerprint density at radius 1 is 1.55 bits per heavy atom. The first-order chi connectivity index (χ1) is 5.41. The van der Waals surface area contributed by atoms with E-state index in [1.807, 2.05) is 12.3 Å². The van der Waals surface area contributed by atoms with Crippen LogP contribution in [0.3, 0.4) is 0 Å². The average Bonchev–Trinajstić information content (AvgIpc) is 2.72. The zero-order chi connectivity index (χ0) is 7.31. The average molecular weight is 148 g/mol. The predicted molar refractivity (Wildman–Crippen MR) is 39.9 cm³/mol. The molecule has 0 aromatic carbocycles. The number of rotatable bonds is 0. The molecule has 11 heavy (non-hydrogen) atoms. The fraction of sp³-hybridized carbons (Fsp3) is 0.375. The van der Waals surface area contributed by atoms with Gasteiger partial charge in [0.25, 0.3) is 0 Å². The van der Waals surface area contributed by atoms with E-state index in [9.17, 15) is 0 Å². The van der Waals surface area contributed by atoms with Crippen molar-refractivity contribution in [2.24, 2.45) is 0 Å². The van der Waals surface area contributed by atoms with Crippen LogP contribution in [0.15, 0.2) is 18.5 Å². The summed E-state index contributed by atoms with van der Waals surface area (Å²) in [6.45, 7) is 0. The van der Waals surface area contributed by atoms with E-state index in [2.05, 4.69) is 10.5 Å². The Balaban J connectivity index is 2.21. The van der Waals surface area contributed by atoms with E-state index in [1.165, 1.54) is 5.56 Å². The lowest BCUT2D eigenvalue weighted by molar-refractivity contribution is 0.0974. The van der Waals surface area contributed by atoms with Crippen molar-refractivity contribution in [3.05, 3.63) is 24.0 Å². The Morgan fingerprint density at radius 3 is 3.27 bits per heavy atom. The van der Waals surface area contributed by atoms with Gasteiger partial charge in [-0.05, 0) is 18.9 Å². The van der Waals surface area contributed by atoms with Gasteiger partial charge < -0.3 is 0 Å².